The van der Waals surface area contributed by atoms with Crippen LogP contribution in [0.4, 0.5) is 10.1 Å². The molecule has 1 atom stereocenters. The van der Waals surface area contributed by atoms with Crippen LogP contribution in [0.3, 0.4) is 0 Å². The second-order valence-electron chi connectivity index (χ2n) is 5.90. The highest BCUT2D eigenvalue weighted by Crippen LogP contribution is 2.22. The Morgan fingerprint density at radius 1 is 1.22 bits per heavy atom. The van der Waals surface area contributed by atoms with Crippen molar-refractivity contribution in [3.05, 3.63) is 59.4 Å². The molecule has 27 heavy (non-hydrogen) atoms. The molecule has 1 N–H and O–H groups in total. The maximum atomic E-state index is 13.6. The summed E-state index contributed by atoms with van der Waals surface area (Å²) in [5.74, 6) is -1.92. The quantitative estimate of drug-likeness (QED) is 0.784. The molecule has 3 rings (SSSR count). The van der Waals surface area contributed by atoms with E-state index in [2.05, 4.69) is 4.72 Å². The summed E-state index contributed by atoms with van der Waals surface area (Å²) in [6, 6.07) is 9.25. The Hall–Kier alpha value is -2.94. The molecule has 0 amide bonds. The van der Waals surface area contributed by atoms with Crippen molar-refractivity contribution >= 4 is 27.6 Å². The van der Waals surface area contributed by atoms with Crippen molar-refractivity contribution in [2.75, 3.05) is 11.3 Å². The molecule has 2 aromatic rings. The maximum Gasteiger partial charge on any atom is 0.347 e. The van der Waals surface area contributed by atoms with Crippen LogP contribution in [0.1, 0.15) is 22.3 Å². The first-order chi connectivity index (χ1) is 12.8. The van der Waals surface area contributed by atoms with Gasteiger partial charge in [0.2, 0.25) is 6.10 Å². The van der Waals surface area contributed by atoms with Gasteiger partial charge in [-0.25, -0.2) is 22.4 Å². The molecule has 0 aliphatic carbocycles. The number of anilines is 1. The number of benzene rings is 2. The number of sulfonamides is 1. The summed E-state index contributed by atoms with van der Waals surface area (Å²) in [5, 5.41) is 0. The lowest BCUT2D eigenvalue weighted by Crippen LogP contribution is -2.22. The van der Waals surface area contributed by atoms with E-state index < -0.39 is 33.9 Å². The van der Waals surface area contributed by atoms with Crippen molar-refractivity contribution in [1.29, 1.82) is 0 Å². The number of rotatable bonds is 5. The Kier molecular flexibility index (Phi) is 5.13. The fourth-order valence-electron chi connectivity index (χ4n) is 2.54. The number of carbonyl (C=O) groups excluding carboxylic acids is 2. The lowest BCUT2D eigenvalue weighted by atomic mass is 10.2. The fourth-order valence-corrected chi connectivity index (χ4v) is 3.86. The SMILES string of the molecule is Cc1c(F)cccc1S(=O)(=O)Nc1ccc(C(=O)O[C@@H]2CCOC2=O)cc1. The van der Waals surface area contributed by atoms with E-state index in [1.165, 1.54) is 49.4 Å². The largest absolute Gasteiger partial charge is 0.463 e. The van der Waals surface area contributed by atoms with Crippen LogP contribution in [0.5, 0.6) is 0 Å². The van der Waals surface area contributed by atoms with Crippen molar-refractivity contribution in [1.82, 2.24) is 0 Å². The minimum Gasteiger partial charge on any atom is -0.463 e. The van der Waals surface area contributed by atoms with Gasteiger partial charge < -0.3 is 9.47 Å². The number of esters is 2. The molecule has 7 nitrogen and oxygen atoms in total. The van der Waals surface area contributed by atoms with Gasteiger partial charge in [-0.2, -0.15) is 0 Å². The number of halogens is 1. The van der Waals surface area contributed by atoms with Crippen LogP contribution < -0.4 is 4.72 Å². The molecule has 0 unspecified atom stereocenters. The molecule has 0 radical (unpaired) electrons. The third kappa shape index (κ3) is 4.08. The van der Waals surface area contributed by atoms with Gasteiger partial charge in [-0.1, -0.05) is 6.07 Å². The molecule has 0 saturated carbocycles. The molecule has 1 saturated heterocycles. The molecule has 142 valence electrons. The predicted octanol–water partition coefficient (Wildman–Crippen LogP) is 2.41. The highest BCUT2D eigenvalue weighted by atomic mass is 32.2. The van der Waals surface area contributed by atoms with Crippen LogP contribution in [-0.4, -0.2) is 33.1 Å². The second kappa shape index (κ2) is 7.36. The Morgan fingerprint density at radius 3 is 2.56 bits per heavy atom. The normalized spacial score (nSPS) is 16.7. The van der Waals surface area contributed by atoms with Gasteiger partial charge in [0.05, 0.1) is 17.1 Å². The van der Waals surface area contributed by atoms with Gasteiger partial charge in [0.1, 0.15) is 5.82 Å². The molecule has 1 heterocycles. The van der Waals surface area contributed by atoms with Gasteiger partial charge in [0.25, 0.3) is 10.0 Å². The van der Waals surface area contributed by atoms with Gasteiger partial charge in [-0.15, -0.1) is 0 Å². The van der Waals surface area contributed by atoms with Crippen LogP contribution in [0.25, 0.3) is 0 Å². The number of nitrogens with one attached hydrogen (secondary N) is 1. The Balaban J connectivity index is 1.72. The molecular weight excluding hydrogens is 377 g/mol. The summed E-state index contributed by atoms with van der Waals surface area (Å²) in [5.41, 5.74) is 0.351. The summed E-state index contributed by atoms with van der Waals surface area (Å²) < 4.78 is 50.6. The van der Waals surface area contributed by atoms with Crippen molar-refractivity contribution < 1.29 is 31.9 Å². The van der Waals surface area contributed by atoms with Crippen LogP contribution in [0.15, 0.2) is 47.4 Å². The van der Waals surface area contributed by atoms with Gasteiger partial charge in [-0.3, -0.25) is 4.72 Å². The predicted molar refractivity (Wildman–Crippen MR) is 93.2 cm³/mol. The van der Waals surface area contributed by atoms with Crippen LogP contribution in [0, 0.1) is 12.7 Å². The topological polar surface area (TPSA) is 98.8 Å². The zero-order chi connectivity index (χ0) is 19.6. The molecule has 0 bridgehead atoms. The van der Waals surface area contributed by atoms with Gasteiger partial charge in [-0.05, 0) is 43.3 Å². The zero-order valence-electron chi connectivity index (χ0n) is 14.3. The number of cyclic esters (lactones) is 1. The highest BCUT2D eigenvalue weighted by Gasteiger charge is 2.30. The van der Waals surface area contributed by atoms with E-state index in [1.807, 2.05) is 0 Å². The average molecular weight is 393 g/mol. The molecule has 1 aliphatic rings. The Bertz CT molecular complexity index is 987. The lowest BCUT2D eigenvalue weighted by Gasteiger charge is -2.12. The molecule has 1 fully saturated rings. The number of carbonyl (C=O) groups is 2. The molecular formula is C18H16FNO6S. The third-order valence-electron chi connectivity index (χ3n) is 4.02. The number of ether oxygens (including phenoxy) is 2. The van der Waals surface area contributed by atoms with E-state index in [4.69, 9.17) is 9.47 Å². The van der Waals surface area contributed by atoms with Crippen molar-refractivity contribution in [2.45, 2.75) is 24.3 Å². The fraction of sp³-hybridized carbons (Fsp3) is 0.222. The van der Waals surface area contributed by atoms with E-state index in [0.29, 0.717) is 6.42 Å². The molecule has 0 spiro atoms. The molecule has 2 aromatic carbocycles. The summed E-state index contributed by atoms with van der Waals surface area (Å²) in [6.07, 6.45) is -0.623. The van der Waals surface area contributed by atoms with Crippen molar-refractivity contribution in [2.24, 2.45) is 0 Å². The molecule has 1 aliphatic heterocycles. The van der Waals surface area contributed by atoms with E-state index in [-0.39, 0.29) is 28.3 Å². The minimum atomic E-state index is -3.99. The van der Waals surface area contributed by atoms with Crippen LogP contribution >= 0.6 is 0 Å². The molecule has 9 heteroatoms. The first-order valence-electron chi connectivity index (χ1n) is 8.03. The minimum absolute atomic E-state index is 0.00801. The smallest absolute Gasteiger partial charge is 0.347 e. The van der Waals surface area contributed by atoms with E-state index in [0.717, 1.165) is 0 Å². The third-order valence-corrected chi connectivity index (χ3v) is 5.54. The second-order valence-corrected chi connectivity index (χ2v) is 7.55. The van der Waals surface area contributed by atoms with E-state index in [1.54, 1.807) is 0 Å². The highest BCUT2D eigenvalue weighted by molar-refractivity contribution is 7.92. The van der Waals surface area contributed by atoms with Gasteiger partial charge in [0.15, 0.2) is 0 Å². The Morgan fingerprint density at radius 2 is 1.93 bits per heavy atom. The molecule has 0 aromatic heterocycles. The van der Waals surface area contributed by atoms with E-state index >= 15 is 0 Å². The van der Waals surface area contributed by atoms with Crippen molar-refractivity contribution in [3.63, 3.8) is 0 Å². The van der Waals surface area contributed by atoms with Gasteiger partial charge >= 0.3 is 11.9 Å². The number of hydrogen-bond acceptors (Lipinski definition) is 6. The summed E-state index contributed by atoms with van der Waals surface area (Å²) >= 11 is 0. The lowest BCUT2D eigenvalue weighted by molar-refractivity contribution is -0.145. The average Bonchev–Trinajstić information content (AvgIpc) is 3.02. The van der Waals surface area contributed by atoms with E-state index in [9.17, 15) is 22.4 Å². The maximum absolute atomic E-state index is 13.6. The summed E-state index contributed by atoms with van der Waals surface area (Å²) in [7, 11) is -3.99. The number of hydrogen-bond donors (Lipinski definition) is 1. The summed E-state index contributed by atoms with van der Waals surface area (Å²) in [4.78, 5) is 23.2. The van der Waals surface area contributed by atoms with Crippen molar-refractivity contribution in [3.8, 4) is 0 Å². The monoisotopic (exact) mass is 393 g/mol. The standard InChI is InChI=1S/C18H16FNO6S/c1-11-14(19)3-2-4-16(11)27(23,24)20-13-7-5-12(6-8-13)17(21)26-15-9-10-25-18(15)22/h2-8,15,20H,9-10H2,1H3/t15-/m1/s1. The zero-order valence-corrected chi connectivity index (χ0v) is 15.1. The Labute approximate surface area is 155 Å². The summed E-state index contributed by atoms with van der Waals surface area (Å²) in [6.45, 7) is 1.58. The first-order valence-corrected chi connectivity index (χ1v) is 9.52. The van der Waals surface area contributed by atoms with Gasteiger partial charge in [0, 0.05) is 17.7 Å². The first kappa shape index (κ1) is 18.8. The van der Waals surface area contributed by atoms with Crippen LogP contribution in [0.2, 0.25) is 0 Å². The van der Waals surface area contributed by atoms with Crippen LogP contribution in [-0.2, 0) is 24.3 Å².